The van der Waals surface area contributed by atoms with Crippen LogP contribution >= 0.6 is 0 Å². The van der Waals surface area contributed by atoms with E-state index in [1.807, 2.05) is 13.8 Å². The quantitative estimate of drug-likeness (QED) is 0.848. The maximum atomic E-state index is 13.2. The molecule has 0 spiro atoms. The molecule has 0 radical (unpaired) electrons. The van der Waals surface area contributed by atoms with Gasteiger partial charge in [-0.15, -0.1) is 0 Å². The number of fused-ring (bicyclic) bond motifs is 1. The molecule has 24 heavy (non-hydrogen) atoms. The van der Waals surface area contributed by atoms with Crippen molar-refractivity contribution in [2.24, 2.45) is 5.92 Å². The summed E-state index contributed by atoms with van der Waals surface area (Å²) in [5.41, 5.74) is 2.45. The second kappa shape index (κ2) is 7.23. The second-order valence-corrected chi connectivity index (χ2v) is 6.24. The molecular formula is C18H23F3O3. The first-order chi connectivity index (χ1) is 11.3. The molecule has 0 saturated heterocycles. The van der Waals surface area contributed by atoms with E-state index < -0.39 is 30.1 Å². The van der Waals surface area contributed by atoms with Crippen molar-refractivity contribution >= 4 is 5.78 Å². The smallest absolute Gasteiger partial charge is 0.388 e. The van der Waals surface area contributed by atoms with Crippen molar-refractivity contribution in [1.82, 2.24) is 0 Å². The minimum absolute atomic E-state index is 0.196. The summed E-state index contributed by atoms with van der Waals surface area (Å²) in [5.74, 6) is -2.33. The monoisotopic (exact) mass is 344 g/mol. The fourth-order valence-corrected chi connectivity index (χ4v) is 3.47. The number of aliphatic hydroxyl groups is 1. The Balaban J connectivity index is 2.49. The first kappa shape index (κ1) is 18.9. The van der Waals surface area contributed by atoms with Gasteiger partial charge in [0.15, 0.2) is 11.9 Å². The highest BCUT2D eigenvalue weighted by Crippen LogP contribution is 2.44. The first-order valence-electron chi connectivity index (χ1n) is 8.23. The van der Waals surface area contributed by atoms with E-state index in [0.29, 0.717) is 5.56 Å². The maximum absolute atomic E-state index is 13.2. The van der Waals surface area contributed by atoms with Gasteiger partial charge < -0.3 is 9.84 Å². The van der Waals surface area contributed by atoms with E-state index >= 15 is 0 Å². The Hall–Kier alpha value is -1.40. The van der Waals surface area contributed by atoms with Gasteiger partial charge in [-0.05, 0) is 35.6 Å². The predicted octanol–water partition coefficient (Wildman–Crippen LogP) is 4.01. The molecule has 1 N–H and O–H groups in total. The summed E-state index contributed by atoms with van der Waals surface area (Å²) >= 11 is 0. The zero-order chi connectivity index (χ0) is 18.1. The third-order valence-corrected chi connectivity index (χ3v) is 4.54. The van der Waals surface area contributed by atoms with Crippen LogP contribution in [-0.2, 0) is 17.6 Å². The number of ether oxygens (including phenoxy) is 1. The number of Topliss-reactive ketones (excluding diaryl/α,β-unsaturated/α-hetero) is 1. The van der Waals surface area contributed by atoms with Crippen LogP contribution in [0.1, 0.15) is 59.8 Å². The number of hydrogen-bond acceptors (Lipinski definition) is 3. The normalized spacial score (nSPS) is 21.9. The summed E-state index contributed by atoms with van der Waals surface area (Å²) in [6, 6.07) is 3.37. The van der Waals surface area contributed by atoms with Gasteiger partial charge in [-0.1, -0.05) is 32.8 Å². The molecule has 1 aliphatic rings. The van der Waals surface area contributed by atoms with Gasteiger partial charge in [0, 0.05) is 12.7 Å². The Bertz CT molecular complexity index is 610. The van der Waals surface area contributed by atoms with E-state index in [1.54, 1.807) is 12.1 Å². The standard InChI is InChI=1S/C18H23F3O3/c1-4-6-10-8-12-13(9-11(10)7-5-2)16(23)14(15(12)22)17(24-3)18(19,20)21/h8-9,14-15,17,22H,4-7H2,1-3H3. The lowest BCUT2D eigenvalue weighted by Gasteiger charge is -2.25. The van der Waals surface area contributed by atoms with E-state index in [-0.39, 0.29) is 5.56 Å². The van der Waals surface area contributed by atoms with Crippen molar-refractivity contribution in [2.45, 2.75) is 57.9 Å². The molecule has 3 unspecified atom stereocenters. The number of rotatable bonds is 6. The van der Waals surface area contributed by atoms with Gasteiger partial charge in [0.05, 0.1) is 12.0 Å². The second-order valence-electron chi connectivity index (χ2n) is 6.24. The third kappa shape index (κ3) is 3.35. The lowest BCUT2D eigenvalue weighted by atomic mass is 9.94. The number of aliphatic hydroxyl groups excluding tert-OH is 1. The highest BCUT2D eigenvalue weighted by molar-refractivity contribution is 6.03. The number of methoxy groups -OCH3 is 1. The van der Waals surface area contributed by atoms with Crippen molar-refractivity contribution in [1.29, 1.82) is 0 Å². The summed E-state index contributed by atoms with van der Waals surface area (Å²) < 4.78 is 44.0. The number of ketones is 1. The summed E-state index contributed by atoms with van der Waals surface area (Å²) in [6.45, 7) is 4.02. The number of carbonyl (C=O) groups is 1. The van der Waals surface area contributed by atoms with Gasteiger partial charge in [0.2, 0.25) is 0 Å². The SMILES string of the molecule is CCCc1cc2c(cc1CCC)C(O)C(C(OC)C(F)(F)F)C2=O. The zero-order valence-electron chi connectivity index (χ0n) is 14.1. The van der Waals surface area contributed by atoms with Crippen LogP contribution in [0.3, 0.4) is 0 Å². The van der Waals surface area contributed by atoms with Crippen LogP contribution in [0.5, 0.6) is 0 Å². The number of halogens is 3. The van der Waals surface area contributed by atoms with Gasteiger partial charge in [-0.25, -0.2) is 0 Å². The fourth-order valence-electron chi connectivity index (χ4n) is 3.47. The zero-order valence-corrected chi connectivity index (χ0v) is 14.1. The lowest BCUT2D eigenvalue weighted by Crippen LogP contribution is -2.42. The van der Waals surface area contributed by atoms with Crippen molar-refractivity contribution in [2.75, 3.05) is 7.11 Å². The molecule has 6 heteroatoms. The molecule has 3 nitrogen and oxygen atoms in total. The third-order valence-electron chi connectivity index (χ3n) is 4.54. The molecule has 0 fully saturated rings. The maximum Gasteiger partial charge on any atom is 0.415 e. The minimum atomic E-state index is -4.71. The van der Waals surface area contributed by atoms with Crippen LogP contribution in [-0.4, -0.2) is 30.3 Å². The molecular weight excluding hydrogens is 321 g/mol. The van der Waals surface area contributed by atoms with Crippen LogP contribution in [0.2, 0.25) is 0 Å². The number of carbonyl (C=O) groups excluding carboxylic acids is 1. The Morgan fingerprint density at radius 2 is 1.71 bits per heavy atom. The Morgan fingerprint density at radius 3 is 2.17 bits per heavy atom. The largest absolute Gasteiger partial charge is 0.415 e. The molecule has 0 bridgehead atoms. The molecule has 134 valence electrons. The van der Waals surface area contributed by atoms with Gasteiger partial charge in [0.1, 0.15) is 0 Å². The van der Waals surface area contributed by atoms with Gasteiger partial charge >= 0.3 is 6.18 Å². The van der Waals surface area contributed by atoms with E-state index in [1.165, 1.54) is 0 Å². The van der Waals surface area contributed by atoms with Crippen LogP contribution < -0.4 is 0 Å². The Kier molecular flexibility index (Phi) is 5.71. The number of hydrogen-bond donors (Lipinski definition) is 1. The number of benzene rings is 1. The number of alkyl halides is 3. The molecule has 0 amide bonds. The fraction of sp³-hybridized carbons (Fsp3) is 0.611. The Morgan fingerprint density at radius 1 is 1.17 bits per heavy atom. The van der Waals surface area contributed by atoms with Gasteiger partial charge in [-0.2, -0.15) is 13.2 Å². The summed E-state index contributed by atoms with van der Waals surface area (Å²) in [7, 11) is 0.909. The molecule has 0 heterocycles. The predicted molar refractivity (Wildman–Crippen MR) is 84.1 cm³/mol. The average Bonchev–Trinajstić information content (AvgIpc) is 2.72. The molecule has 1 aromatic rings. The lowest BCUT2D eigenvalue weighted by molar-refractivity contribution is -0.230. The molecule has 1 aliphatic carbocycles. The molecule has 0 saturated carbocycles. The summed E-state index contributed by atoms with van der Waals surface area (Å²) in [6.07, 6.45) is -5.24. The van der Waals surface area contributed by atoms with Crippen LogP contribution in [0.25, 0.3) is 0 Å². The summed E-state index contributed by atoms with van der Waals surface area (Å²) in [5, 5.41) is 10.4. The van der Waals surface area contributed by atoms with E-state index in [2.05, 4.69) is 4.74 Å². The van der Waals surface area contributed by atoms with Crippen molar-refractivity contribution in [3.05, 3.63) is 34.4 Å². The highest BCUT2D eigenvalue weighted by atomic mass is 19.4. The van der Waals surface area contributed by atoms with Crippen LogP contribution in [0.4, 0.5) is 13.2 Å². The van der Waals surface area contributed by atoms with Gasteiger partial charge in [-0.3, -0.25) is 4.79 Å². The molecule has 3 atom stereocenters. The molecule has 2 rings (SSSR count). The van der Waals surface area contributed by atoms with Crippen molar-refractivity contribution in [3.63, 3.8) is 0 Å². The number of aryl methyl sites for hydroxylation is 2. The van der Waals surface area contributed by atoms with Crippen molar-refractivity contribution in [3.8, 4) is 0 Å². The molecule has 0 aromatic heterocycles. The topological polar surface area (TPSA) is 46.5 Å². The van der Waals surface area contributed by atoms with E-state index in [4.69, 9.17) is 0 Å². The summed E-state index contributed by atoms with van der Waals surface area (Å²) in [4.78, 5) is 12.5. The average molecular weight is 344 g/mol. The van der Waals surface area contributed by atoms with Crippen LogP contribution in [0.15, 0.2) is 12.1 Å². The first-order valence-corrected chi connectivity index (χ1v) is 8.23. The molecule has 1 aromatic carbocycles. The Labute approximate surface area is 139 Å². The van der Waals surface area contributed by atoms with E-state index in [0.717, 1.165) is 43.9 Å². The van der Waals surface area contributed by atoms with Crippen LogP contribution in [0, 0.1) is 5.92 Å². The molecule has 0 aliphatic heterocycles. The van der Waals surface area contributed by atoms with Crippen molar-refractivity contribution < 1.29 is 27.8 Å². The van der Waals surface area contributed by atoms with E-state index in [9.17, 15) is 23.1 Å². The van der Waals surface area contributed by atoms with Gasteiger partial charge in [0.25, 0.3) is 0 Å². The minimum Gasteiger partial charge on any atom is -0.388 e. The highest BCUT2D eigenvalue weighted by Gasteiger charge is 2.54.